The molecule has 0 bridgehead atoms. The first-order valence-electron chi connectivity index (χ1n) is 7.81. The van der Waals surface area contributed by atoms with Gasteiger partial charge in [0.05, 0.1) is 0 Å². The Hall–Kier alpha value is -0.770. The van der Waals surface area contributed by atoms with Crippen LogP contribution in [0, 0.1) is 0 Å². The Bertz CT molecular complexity index is 259. The van der Waals surface area contributed by atoms with E-state index >= 15 is 0 Å². The van der Waals surface area contributed by atoms with Crippen molar-refractivity contribution in [3.63, 3.8) is 0 Å². The van der Waals surface area contributed by atoms with E-state index in [2.05, 4.69) is 41.1 Å². The van der Waals surface area contributed by atoms with Gasteiger partial charge in [-0.2, -0.15) is 0 Å². The van der Waals surface area contributed by atoms with Gasteiger partial charge in [0.15, 0.2) is 5.96 Å². The second kappa shape index (κ2) is 9.18. The van der Waals surface area contributed by atoms with Gasteiger partial charge in [-0.3, -0.25) is 4.99 Å². The minimum atomic E-state index is 0.807. The predicted molar refractivity (Wildman–Crippen MR) is 83.8 cm³/mol. The summed E-state index contributed by atoms with van der Waals surface area (Å²) in [5.41, 5.74) is 0. The topological polar surface area (TPSA) is 30.9 Å². The van der Waals surface area contributed by atoms with Crippen LogP contribution in [0.4, 0.5) is 0 Å². The van der Waals surface area contributed by atoms with E-state index < -0.39 is 0 Å². The van der Waals surface area contributed by atoms with Gasteiger partial charge in [-0.05, 0) is 26.3 Å². The number of nitrogens with zero attached hydrogens (tertiary/aromatic N) is 3. The van der Waals surface area contributed by atoms with Gasteiger partial charge in [0.25, 0.3) is 0 Å². The lowest BCUT2D eigenvalue weighted by atomic mass is 10.2. The maximum absolute atomic E-state index is 4.35. The standard InChI is InChI=1S/C15H32N4/c1-5-6-12-19(4)15(16-2)17-11-13-18(3)14-9-7-8-10-14/h14H,5-13H2,1-4H3,(H,16,17). The molecule has 1 rings (SSSR count). The molecular formula is C15H32N4. The summed E-state index contributed by atoms with van der Waals surface area (Å²) < 4.78 is 0. The average molecular weight is 268 g/mol. The molecule has 0 aromatic rings. The Kier molecular flexibility index (Phi) is 7.87. The lowest BCUT2D eigenvalue weighted by Gasteiger charge is -2.26. The van der Waals surface area contributed by atoms with Crippen LogP contribution in [0.2, 0.25) is 0 Å². The van der Waals surface area contributed by atoms with E-state index in [1.54, 1.807) is 0 Å². The predicted octanol–water partition coefficient (Wildman–Crippen LogP) is 2.17. The van der Waals surface area contributed by atoms with E-state index in [-0.39, 0.29) is 0 Å². The fraction of sp³-hybridized carbons (Fsp3) is 0.933. The van der Waals surface area contributed by atoms with Crippen molar-refractivity contribution >= 4 is 5.96 Å². The largest absolute Gasteiger partial charge is 0.355 e. The number of hydrogen-bond donors (Lipinski definition) is 1. The van der Waals surface area contributed by atoms with Crippen molar-refractivity contribution in [2.75, 3.05) is 40.8 Å². The molecular weight excluding hydrogens is 236 g/mol. The van der Waals surface area contributed by atoms with E-state index in [0.717, 1.165) is 31.6 Å². The highest BCUT2D eigenvalue weighted by Crippen LogP contribution is 2.21. The summed E-state index contributed by atoms with van der Waals surface area (Å²) in [6, 6.07) is 0.807. The van der Waals surface area contributed by atoms with E-state index in [4.69, 9.17) is 0 Å². The minimum absolute atomic E-state index is 0.807. The van der Waals surface area contributed by atoms with Gasteiger partial charge in [0.1, 0.15) is 0 Å². The van der Waals surface area contributed by atoms with Gasteiger partial charge < -0.3 is 15.1 Å². The highest BCUT2D eigenvalue weighted by atomic mass is 15.3. The van der Waals surface area contributed by atoms with Gasteiger partial charge in [-0.15, -0.1) is 0 Å². The molecule has 0 saturated heterocycles. The van der Waals surface area contributed by atoms with Crippen molar-refractivity contribution in [2.24, 2.45) is 4.99 Å². The van der Waals surface area contributed by atoms with Crippen LogP contribution in [0.25, 0.3) is 0 Å². The Morgan fingerprint density at radius 3 is 2.47 bits per heavy atom. The molecule has 1 fully saturated rings. The smallest absolute Gasteiger partial charge is 0.193 e. The zero-order valence-electron chi connectivity index (χ0n) is 13.3. The van der Waals surface area contributed by atoms with Gasteiger partial charge in [0.2, 0.25) is 0 Å². The Balaban J connectivity index is 2.21. The number of aliphatic imine (C=N–C) groups is 1. The molecule has 1 aliphatic carbocycles. The molecule has 0 unspecified atom stereocenters. The Morgan fingerprint density at radius 2 is 1.89 bits per heavy atom. The third-order valence-electron chi connectivity index (χ3n) is 4.12. The number of likely N-dealkylation sites (N-methyl/N-ethyl adjacent to an activating group) is 1. The van der Waals surface area contributed by atoms with Gasteiger partial charge >= 0.3 is 0 Å². The summed E-state index contributed by atoms with van der Waals surface area (Å²) in [6.45, 7) is 5.39. The summed E-state index contributed by atoms with van der Waals surface area (Å²) in [4.78, 5) is 9.07. The molecule has 0 heterocycles. The first-order valence-corrected chi connectivity index (χ1v) is 7.81. The normalized spacial score (nSPS) is 17.2. The van der Waals surface area contributed by atoms with E-state index in [1.165, 1.54) is 38.5 Å². The minimum Gasteiger partial charge on any atom is -0.355 e. The van der Waals surface area contributed by atoms with Crippen LogP contribution < -0.4 is 5.32 Å². The third kappa shape index (κ3) is 5.81. The van der Waals surface area contributed by atoms with Crippen LogP contribution in [0.3, 0.4) is 0 Å². The second-order valence-corrected chi connectivity index (χ2v) is 5.67. The van der Waals surface area contributed by atoms with Crippen LogP contribution in [-0.4, -0.2) is 62.6 Å². The SMILES string of the molecule is CCCCN(C)C(=NC)NCCN(C)C1CCCC1. The van der Waals surface area contributed by atoms with Gasteiger partial charge in [-0.1, -0.05) is 26.2 Å². The first-order chi connectivity index (χ1) is 9.19. The van der Waals surface area contributed by atoms with E-state index in [9.17, 15) is 0 Å². The average Bonchev–Trinajstić information content (AvgIpc) is 2.94. The lowest BCUT2D eigenvalue weighted by Crippen LogP contribution is -2.43. The maximum atomic E-state index is 4.35. The number of hydrogen-bond acceptors (Lipinski definition) is 2. The molecule has 4 nitrogen and oxygen atoms in total. The van der Waals surface area contributed by atoms with Crippen LogP contribution in [-0.2, 0) is 0 Å². The highest BCUT2D eigenvalue weighted by molar-refractivity contribution is 5.79. The van der Waals surface area contributed by atoms with Crippen molar-refractivity contribution in [3.8, 4) is 0 Å². The molecule has 1 N–H and O–H groups in total. The highest BCUT2D eigenvalue weighted by Gasteiger charge is 2.18. The Morgan fingerprint density at radius 1 is 1.21 bits per heavy atom. The van der Waals surface area contributed by atoms with Crippen molar-refractivity contribution in [1.29, 1.82) is 0 Å². The zero-order chi connectivity index (χ0) is 14.1. The third-order valence-corrected chi connectivity index (χ3v) is 4.12. The number of unbranched alkanes of at least 4 members (excludes halogenated alkanes) is 1. The molecule has 0 radical (unpaired) electrons. The molecule has 0 aromatic heterocycles. The van der Waals surface area contributed by atoms with Crippen molar-refractivity contribution in [3.05, 3.63) is 0 Å². The molecule has 4 heteroatoms. The lowest BCUT2D eigenvalue weighted by molar-refractivity contribution is 0.248. The Labute approximate surface area is 119 Å². The molecule has 0 aliphatic heterocycles. The zero-order valence-corrected chi connectivity index (χ0v) is 13.3. The van der Waals surface area contributed by atoms with Gasteiger partial charge in [-0.25, -0.2) is 0 Å². The number of guanidine groups is 1. The molecule has 112 valence electrons. The van der Waals surface area contributed by atoms with E-state index in [1.807, 2.05) is 7.05 Å². The summed E-state index contributed by atoms with van der Waals surface area (Å²) >= 11 is 0. The molecule has 0 atom stereocenters. The first kappa shape index (κ1) is 16.3. The second-order valence-electron chi connectivity index (χ2n) is 5.67. The number of nitrogens with one attached hydrogen (secondary N) is 1. The van der Waals surface area contributed by atoms with Crippen molar-refractivity contribution in [2.45, 2.75) is 51.5 Å². The maximum Gasteiger partial charge on any atom is 0.193 e. The molecule has 0 aromatic carbocycles. The molecule has 0 spiro atoms. The van der Waals surface area contributed by atoms with Crippen molar-refractivity contribution in [1.82, 2.24) is 15.1 Å². The summed E-state index contributed by atoms with van der Waals surface area (Å²) in [5.74, 6) is 1.02. The summed E-state index contributed by atoms with van der Waals surface area (Å²) in [5, 5.41) is 3.47. The molecule has 1 saturated carbocycles. The summed E-state index contributed by atoms with van der Waals surface area (Å²) in [6.07, 6.45) is 8.02. The van der Waals surface area contributed by atoms with Crippen LogP contribution >= 0.6 is 0 Å². The molecule has 19 heavy (non-hydrogen) atoms. The fourth-order valence-electron chi connectivity index (χ4n) is 2.76. The quantitative estimate of drug-likeness (QED) is 0.567. The number of rotatable bonds is 7. The van der Waals surface area contributed by atoms with Crippen LogP contribution in [0.15, 0.2) is 4.99 Å². The van der Waals surface area contributed by atoms with Gasteiger partial charge in [0, 0.05) is 39.8 Å². The van der Waals surface area contributed by atoms with Crippen LogP contribution in [0.1, 0.15) is 45.4 Å². The fourth-order valence-corrected chi connectivity index (χ4v) is 2.76. The molecule has 1 aliphatic rings. The van der Waals surface area contributed by atoms with Crippen LogP contribution in [0.5, 0.6) is 0 Å². The molecule has 0 amide bonds. The monoisotopic (exact) mass is 268 g/mol. The van der Waals surface area contributed by atoms with E-state index in [0.29, 0.717) is 0 Å². The summed E-state index contributed by atoms with van der Waals surface area (Å²) in [7, 11) is 6.23. The van der Waals surface area contributed by atoms with Crippen molar-refractivity contribution < 1.29 is 0 Å².